The Morgan fingerprint density at radius 3 is 2.29 bits per heavy atom. The molecule has 28 heavy (non-hydrogen) atoms. The highest BCUT2D eigenvalue weighted by Gasteiger charge is 2.34. The van der Waals surface area contributed by atoms with E-state index >= 15 is 0 Å². The van der Waals surface area contributed by atoms with E-state index in [1.807, 2.05) is 32.9 Å². The number of hydrogen-bond acceptors (Lipinski definition) is 3. The highest BCUT2D eigenvalue weighted by molar-refractivity contribution is 5.97. The first-order valence-electron chi connectivity index (χ1n) is 9.52. The van der Waals surface area contributed by atoms with Crippen molar-refractivity contribution in [2.45, 2.75) is 39.4 Å². The maximum absolute atomic E-state index is 13.0. The minimum atomic E-state index is -4.25. The molecule has 1 unspecified atom stereocenters. The molecule has 0 aromatic heterocycles. The van der Waals surface area contributed by atoms with Gasteiger partial charge in [0.05, 0.1) is 6.54 Å². The molecule has 2 rings (SSSR count). The fraction of sp³-hybridized carbons (Fsp3) is 0.600. The summed E-state index contributed by atoms with van der Waals surface area (Å²) in [5.74, 6) is -0.721. The number of aryl methyl sites for hydroxylation is 1. The van der Waals surface area contributed by atoms with E-state index in [1.165, 1.54) is 4.90 Å². The second-order valence-electron chi connectivity index (χ2n) is 7.63. The van der Waals surface area contributed by atoms with Crippen LogP contribution in [0.2, 0.25) is 0 Å². The monoisotopic (exact) mass is 399 g/mol. The summed E-state index contributed by atoms with van der Waals surface area (Å²) in [6, 6.07) is 6.33. The largest absolute Gasteiger partial charge is 0.401 e. The van der Waals surface area contributed by atoms with Gasteiger partial charge < -0.3 is 10.2 Å². The van der Waals surface area contributed by atoms with Gasteiger partial charge in [0, 0.05) is 31.7 Å². The Labute approximate surface area is 163 Å². The Bertz CT molecular complexity index is 674. The quantitative estimate of drug-likeness (QED) is 0.829. The van der Waals surface area contributed by atoms with Crippen molar-refractivity contribution in [1.29, 1.82) is 0 Å². The zero-order valence-electron chi connectivity index (χ0n) is 16.6. The molecule has 1 saturated heterocycles. The Morgan fingerprint density at radius 2 is 1.71 bits per heavy atom. The van der Waals surface area contributed by atoms with Crippen LogP contribution in [0.3, 0.4) is 0 Å². The predicted molar refractivity (Wildman–Crippen MR) is 101 cm³/mol. The molecule has 1 fully saturated rings. The van der Waals surface area contributed by atoms with Crippen LogP contribution in [0.25, 0.3) is 0 Å². The first-order valence-corrected chi connectivity index (χ1v) is 9.52. The zero-order chi connectivity index (χ0) is 20.9. The van der Waals surface area contributed by atoms with Crippen LogP contribution < -0.4 is 5.32 Å². The van der Waals surface area contributed by atoms with Crippen molar-refractivity contribution in [2.75, 3.05) is 32.7 Å². The third kappa shape index (κ3) is 6.51. The molecule has 0 bridgehead atoms. The van der Waals surface area contributed by atoms with Gasteiger partial charge in [-0.05, 0) is 31.4 Å². The minimum absolute atomic E-state index is 0.142. The molecule has 1 aliphatic rings. The summed E-state index contributed by atoms with van der Waals surface area (Å²) >= 11 is 0. The number of nitrogens with zero attached hydrogens (tertiary/aromatic N) is 2. The van der Waals surface area contributed by atoms with Gasteiger partial charge in [-0.2, -0.15) is 13.2 Å². The van der Waals surface area contributed by atoms with Crippen LogP contribution in [0.15, 0.2) is 24.3 Å². The zero-order valence-corrected chi connectivity index (χ0v) is 16.6. The molecule has 1 aliphatic heterocycles. The first kappa shape index (κ1) is 22.2. The molecule has 0 aliphatic carbocycles. The number of carbonyl (C=O) groups is 2. The van der Waals surface area contributed by atoms with Gasteiger partial charge in [-0.3, -0.25) is 14.5 Å². The van der Waals surface area contributed by atoms with Crippen molar-refractivity contribution in [3.63, 3.8) is 0 Å². The van der Waals surface area contributed by atoms with Crippen LogP contribution in [0.5, 0.6) is 0 Å². The van der Waals surface area contributed by atoms with Gasteiger partial charge in [-0.1, -0.05) is 31.5 Å². The van der Waals surface area contributed by atoms with Crippen molar-refractivity contribution >= 4 is 11.8 Å². The maximum Gasteiger partial charge on any atom is 0.401 e. The van der Waals surface area contributed by atoms with E-state index in [4.69, 9.17) is 0 Å². The van der Waals surface area contributed by atoms with Crippen molar-refractivity contribution in [3.8, 4) is 0 Å². The normalized spacial score (nSPS) is 17.3. The van der Waals surface area contributed by atoms with E-state index in [9.17, 15) is 22.8 Å². The molecular formula is C20H28F3N3O2. The third-order valence-electron chi connectivity index (χ3n) is 4.84. The molecule has 0 radical (unpaired) electrons. The number of rotatable bonds is 5. The second kappa shape index (κ2) is 9.41. The van der Waals surface area contributed by atoms with Gasteiger partial charge in [0.15, 0.2) is 0 Å². The fourth-order valence-corrected chi connectivity index (χ4v) is 3.24. The van der Waals surface area contributed by atoms with Crippen LogP contribution in [0.4, 0.5) is 13.2 Å². The summed E-state index contributed by atoms with van der Waals surface area (Å²) < 4.78 is 37.9. The second-order valence-corrected chi connectivity index (χ2v) is 7.63. The number of nitrogens with one attached hydrogen (secondary N) is 1. The molecule has 156 valence electrons. The number of hydrogen-bond donors (Lipinski definition) is 1. The van der Waals surface area contributed by atoms with Crippen LogP contribution in [0.1, 0.15) is 36.2 Å². The SMILES string of the molecule is Cc1ccc(C(=O)NC(C(=O)N2CCCN(CC(F)(F)F)CC2)C(C)C)cc1. The fourth-order valence-electron chi connectivity index (χ4n) is 3.24. The van der Waals surface area contributed by atoms with Crippen molar-refractivity contribution in [1.82, 2.24) is 15.1 Å². The summed E-state index contributed by atoms with van der Waals surface area (Å²) in [7, 11) is 0. The average molecular weight is 399 g/mol. The van der Waals surface area contributed by atoms with Crippen molar-refractivity contribution in [2.24, 2.45) is 5.92 Å². The summed E-state index contributed by atoms with van der Waals surface area (Å²) in [4.78, 5) is 28.4. The lowest BCUT2D eigenvalue weighted by molar-refractivity contribution is -0.145. The van der Waals surface area contributed by atoms with Crippen molar-refractivity contribution in [3.05, 3.63) is 35.4 Å². The Kier molecular flexibility index (Phi) is 7.46. The lowest BCUT2D eigenvalue weighted by Gasteiger charge is -2.29. The molecule has 2 amide bonds. The van der Waals surface area contributed by atoms with E-state index in [-0.39, 0.29) is 30.8 Å². The molecule has 5 nitrogen and oxygen atoms in total. The van der Waals surface area contributed by atoms with Gasteiger partial charge in [0.2, 0.25) is 5.91 Å². The molecule has 1 aromatic rings. The van der Waals surface area contributed by atoms with E-state index in [2.05, 4.69) is 5.32 Å². The standard InChI is InChI=1S/C20H28F3N3O2/c1-14(2)17(24-18(27)16-7-5-15(3)6-8-16)19(28)26-10-4-9-25(11-12-26)13-20(21,22)23/h5-8,14,17H,4,9-13H2,1-3H3,(H,24,27). The number of amides is 2. The van der Waals surface area contributed by atoms with Crippen LogP contribution >= 0.6 is 0 Å². The number of carbonyl (C=O) groups excluding carboxylic acids is 2. The smallest absolute Gasteiger partial charge is 0.340 e. The third-order valence-corrected chi connectivity index (χ3v) is 4.84. The molecule has 1 N–H and O–H groups in total. The first-order chi connectivity index (χ1) is 13.1. The Morgan fingerprint density at radius 1 is 1.07 bits per heavy atom. The highest BCUT2D eigenvalue weighted by atomic mass is 19.4. The van der Waals surface area contributed by atoms with Gasteiger partial charge >= 0.3 is 6.18 Å². The maximum atomic E-state index is 13.0. The lowest BCUT2D eigenvalue weighted by Crippen LogP contribution is -2.52. The van der Waals surface area contributed by atoms with Gasteiger partial charge in [0.25, 0.3) is 5.91 Å². The van der Waals surface area contributed by atoms with Gasteiger partial charge in [-0.25, -0.2) is 0 Å². The minimum Gasteiger partial charge on any atom is -0.340 e. The molecule has 0 spiro atoms. The topological polar surface area (TPSA) is 52.7 Å². The highest BCUT2D eigenvalue weighted by Crippen LogP contribution is 2.18. The number of benzene rings is 1. The molecule has 1 heterocycles. The van der Waals surface area contributed by atoms with E-state index in [0.717, 1.165) is 5.56 Å². The number of alkyl halides is 3. The van der Waals surface area contributed by atoms with Gasteiger partial charge in [0.1, 0.15) is 6.04 Å². The molecular weight excluding hydrogens is 371 g/mol. The lowest BCUT2D eigenvalue weighted by atomic mass is 10.0. The summed E-state index contributed by atoms with van der Waals surface area (Å²) in [5, 5.41) is 2.80. The molecule has 0 saturated carbocycles. The predicted octanol–water partition coefficient (Wildman–Crippen LogP) is 2.85. The Hall–Kier alpha value is -2.09. The van der Waals surface area contributed by atoms with Crippen LogP contribution in [-0.2, 0) is 4.79 Å². The van der Waals surface area contributed by atoms with Crippen LogP contribution in [-0.4, -0.2) is 66.6 Å². The summed E-state index contributed by atoms with van der Waals surface area (Å²) in [5.41, 5.74) is 1.50. The molecule has 1 aromatic carbocycles. The van der Waals surface area contributed by atoms with Gasteiger partial charge in [-0.15, -0.1) is 0 Å². The summed E-state index contributed by atoms with van der Waals surface area (Å²) in [6.07, 6.45) is -3.78. The van der Waals surface area contributed by atoms with Crippen LogP contribution in [0, 0.1) is 12.8 Å². The van der Waals surface area contributed by atoms with E-state index < -0.39 is 18.8 Å². The molecule has 8 heteroatoms. The van der Waals surface area contributed by atoms with Crippen molar-refractivity contribution < 1.29 is 22.8 Å². The van der Waals surface area contributed by atoms with E-state index in [1.54, 1.807) is 17.0 Å². The van der Waals surface area contributed by atoms with E-state index in [0.29, 0.717) is 25.1 Å². The summed E-state index contributed by atoms with van der Waals surface area (Å²) in [6.45, 7) is 5.70. The average Bonchev–Trinajstić information content (AvgIpc) is 2.83. The Balaban J connectivity index is 2.02. The molecule has 1 atom stereocenters. The number of halogens is 3.